The summed E-state index contributed by atoms with van der Waals surface area (Å²) in [5, 5.41) is 56.8. The molecule has 17 heteroatoms. The highest BCUT2D eigenvalue weighted by atomic mass is 16.7. The van der Waals surface area contributed by atoms with Crippen LogP contribution in [0.2, 0.25) is 0 Å². The third kappa shape index (κ3) is 10.1. The summed E-state index contributed by atoms with van der Waals surface area (Å²) in [4.78, 5) is 46.4. The summed E-state index contributed by atoms with van der Waals surface area (Å²) in [6.07, 6.45) is 3.63. The van der Waals surface area contributed by atoms with Gasteiger partial charge in [0.1, 0.15) is 17.6 Å². The second-order valence-electron chi connectivity index (χ2n) is 15.7. The zero-order valence-electron chi connectivity index (χ0n) is 35.5. The molecule has 3 heterocycles. The van der Waals surface area contributed by atoms with E-state index in [-0.39, 0.29) is 50.6 Å². The van der Waals surface area contributed by atoms with Gasteiger partial charge in [-0.15, -0.1) is 10.2 Å². The van der Waals surface area contributed by atoms with E-state index in [9.17, 15) is 34.8 Å². The third-order valence-electron chi connectivity index (χ3n) is 10.9. The van der Waals surface area contributed by atoms with Crippen LogP contribution in [0.15, 0.2) is 57.4 Å². The number of phenols is 2. The molecule has 0 saturated heterocycles. The highest BCUT2D eigenvalue weighted by molar-refractivity contribution is 6.22. The molecule has 59 heavy (non-hydrogen) atoms. The largest absolute Gasteiger partial charge is 0.507 e. The molecule has 0 spiro atoms. The minimum absolute atomic E-state index is 0.0489. The molecule has 322 valence electrons. The molecule has 2 aromatic carbocycles. The van der Waals surface area contributed by atoms with Crippen LogP contribution in [-0.2, 0) is 23.8 Å². The average Bonchev–Trinajstić information content (AvgIpc) is 3.44. The number of methoxy groups -OCH3 is 1. The smallest absolute Gasteiger partial charge is 0.312 e. The zero-order chi connectivity index (χ0) is 44.1. The Morgan fingerprint density at radius 2 is 1.69 bits per heavy atom. The predicted molar refractivity (Wildman–Crippen MR) is 222 cm³/mol. The van der Waals surface area contributed by atoms with E-state index in [2.05, 4.69) is 20.5 Å². The first-order chi connectivity index (χ1) is 27.6. The summed E-state index contributed by atoms with van der Waals surface area (Å²) in [5.74, 6) is -7.66. The summed E-state index contributed by atoms with van der Waals surface area (Å²) in [5.41, 5.74) is 6.01. The Hall–Kier alpha value is -5.36. The molecule has 0 radical (unpaired) electrons. The van der Waals surface area contributed by atoms with Crippen molar-refractivity contribution in [2.24, 2.45) is 44.6 Å². The molecular weight excluding hydrogens is 764 g/mol. The number of allylic oxidation sites excluding steroid dienone is 2. The number of fused-ring (bicyclic) bond motifs is 14. The molecule has 3 aliphatic rings. The molecule has 9 atom stereocenters. The molecule has 5 rings (SSSR count). The molecule has 7 N–H and O–H groups in total. The third-order valence-corrected chi connectivity index (χ3v) is 10.9. The van der Waals surface area contributed by atoms with Crippen LogP contribution in [0.5, 0.6) is 17.2 Å². The maximum absolute atomic E-state index is 14.5. The zero-order valence-corrected chi connectivity index (χ0v) is 35.5. The van der Waals surface area contributed by atoms with Gasteiger partial charge < -0.3 is 55.3 Å². The number of Topliss-reactive ketones (excluding diaryl/α,β-unsaturated/α-hetero) is 1. The number of nitrogens with two attached hydrogens (primary N) is 1. The lowest BCUT2D eigenvalue weighted by molar-refractivity contribution is -0.160. The molecule has 0 aliphatic carbocycles. The Labute approximate surface area is 344 Å². The molecule has 0 aromatic heterocycles. The number of hydrogen-bond donors (Lipinski definition) is 6. The van der Waals surface area contributed by atoms with E-state index in [0.717, 1.165) is 0 Å². The molecule has 0 fully saturated rings. The van der Waals surface area contributed by atoms with Gasteiger partial charge in [0.05, 0.1) is 53.4 Å². The number of ether oxygens (including phenoxy) is 4. The second-order valence-corrected chi connectivity index (χ2v) is 15.7. The number of nitrogens with one attached hydrogen (secondary N) is 1. The Morgan fingerprint density at radius 3 is 2.32 bits per heavy atom. The van der Waals surface area contributed by atoms with Crippen molar-refractivity contribution in [2.45, 2.75) is 85.6 Å². The van der Waals surface area contributed by atoms with Crippen LogP contribution in [0.1, 0.15) is 64.4 Å². The fourth-order valence-electron chi connectivity index (χ4n) is 7.23. The summed E-state index contributed by atoms with van der Waals surface area (Å²) in [6.45, 7) is 13.5. The standard InChI is InChI=1S/C42H58N6O11/c1-20-13-12-14-21(2)40(55)45-28-19-27(46-47-41(43)44-16-17-48(9)10)30-31(36(28)53)35(52)25(6)38-32(30)39(54)42(8,59-38)57-18-15-29(56-11)22(3)37(58-26(7)49)24(5)34(51)23(4)33(20)50/h12-15,18-20,22-24,29,33-34,37,50-53H,16-17H2,1-11H3,(H2,43,44)(H,45,55)/b13-12+,18-15+,21-14?,47-46?. The summed E-state index contributed by atoms with van der Waals surface area (Å²) in [6, 6.07) is 1.28. The van der Waals surface area contributed by atoms with Crippen LogP contribution in [0.4, 0.5) is 11.4 Å². The van der Waals surface area contributed by atoms with E-state index in [1.165, 1.54) is 59.3 Å². The molecule has 0 saturated carbocycles. The number of nitrogens with zero attached hydrogens (tertiary/aromatic N) is 4. The maximum Gasteiger partial charge on any atom is 0.312 e. The molecule has 2 aromatic rings. The first-order valence-corrected chi connectivity index (χ1v) is 19.4. The Kier molecular flexibility index (Phi) is 15.0. The Morgan fingerprint density at radius 1 is 1.02 bits per heavy atom. The number of amides is 1. The molecule has 1 amide bonds. The van der Waals surface area contributed by atoms with E-state index in [4.69, 9.17) is 24.7 Å². The molecular formula is C42H58N6O11. The summed E-state index contributed by atoms with van der Waals surface area (Å²) in [7, 11) is 5.18. The van der Waals surface area contributed by atoms with Gasteiger partial charge in [0.2, 0.25) is 5.96 Å². The van der Waals surface area contributed by atoms with Crippen LogP contribution in [0.25, 0.3) is 10.8 Å². The lowest BCUT2D eigenvalue weighted by Crippen LogP contribution is -2.46. The number of aliphatic hydroxyl groups excluding tert-OH is 2. The van der Waals surface area contributed by atoms with Crippen molar-refractivity contribution < 1.29 is 53.8 Å². The van der Waals surface area contributed by atoms with Crippen molar-refractivity contribution in [3.05, 3.63) is 53.3 Å². The highest BCUT2D eigenvalue weighted by Gasteiger charge is 2.49. The number of benzene rings is 2. The van der Waals surface area contributed by atoms with Crippen LogP contribution in [0, 0.1) is 30.6 Å². The van der Waals surface area contributed by atoms with Gasteiger partial charge in [-0.1, -0.05) is 45.9 Å². The molecule has 17 nitrogen and oxygen atoms in total. The number of aromatic hydroxyl groups is 2. The topological polar surface area (TPSA) is 247 Å². The van der Waals surface area contributed by atoms with Crippen molar-refractivity contribution in [3.8, 4) is 17.2 Å². The van der Waals surface area contributed by atoms with Crippen molar-refractivity contribution in [3.63, 3.8) is 0 Å². The summed E-state index contributed by atoms with van der Waals surface area (Å²) >= 11 is 0. The number of ketones is 1. The number of azo groups is 1. The number of aliphatic imine (C=N–C) groups is 1. The second kappa shape index (κ2) is 19.1. The van der Waals surface area contributed by atoms with Gasteiger partial charge in [-0.2, -0.15) is 0 Å². The molecule has 5 bridgehead atoms. The van der Waals surface area contributed by atoms with Gasteiger partial charge in [-0.25, -0.2) is 4.99 Å². The van der Waals surface area contributed by atoms with Crippen LogP contribution >= 0.6 is 0 Å². The number of carbonyl (C=O) groups is 3. The minimum atomic E-state index is -2.01. The van der Waals surface area contributed by atoms with Crippen molar-refractivity contribution in [1.82, 2.24) is 4.90 Å². The van der Waals surface area contributed by atoms with E-state index in [1.807, 2.05) is 19.0 Å². The van der Waals surface area contributed by atoms with E-state index >= 15 is 0 Å². The highest BCUT2D eigenvalue weighted by Crippen LogP contribution is 2.54. The first-order valence-electron chi connectivity index (χ1n) is 19.4. The number of hydrogen-bond acceptors (Lipinski definition) is 14. The number of carbonyl (C=O) groups excluding carboxylic acids is 3. The fraction of sp³-hybridized carbons (Fsp3) is 0.524. The monoisotopic (exact) mass is 822 g/mol. The lowest BCUT2D eigenvalue weighted by Gasteiger charge is -2.38. The first kappa shape index (κ1) is 46.3. The van der Waals surface area contributed by atoms with E-state index in [0.29, 0.717) is 13.1 Å². The van der Waals surface area contributed by atoms with Crippen molar-refractivity contribution in [1.29, 1.82) is 0 Å². The van der Waals surface area contributed by atoms with Crippen molar-refractivity contribution >= 4 is 45.8 Å². The predicted octanol–water partition coefficient (Wildman–Crippen LogP) is 5.01. The van der Waals surface area contributed by atoms with Gasteiger partial charge in [0, 0.05) is 67.7 Å². The SMILES string of the molecule is COC1/C=C/OC2(C)Oc3c(C)c(O)c4c(O)c(cc(N=NC(N)=NCCN(C)C)c4c3C2=O)NC(=O)C(C)=C/C=C/C(C)C(O)C(C)C(O)C(C)C(OC(C)=O)C1C. The number of likely N-dealkylation sites (N-methyl/N-ethyl adjacent to an activating group) is 1. The number of anilines is 1. The van der Waals surface area contributed by atoms with Crippen LogP contribution in [0.3, 0.4) is 0 Å². The van der Waals surface area contributed by atoms with Crippen LogP contribution < -0.4 is 15.8 Å². The lowest BCUT2D eigenvalue weighted by atomic mass is 9.78. The normalized spacial score (nSPS) is 29.7. The van der Waals surface area contributed by atoms with Gasteiger partial charge in [0.25, 0.3) is 11.7 Å². The van der Waals surface area contributed by atoms with E-state index < -0.39 is 83.0 Å². The van der Waals surface area contributed by atoms with E-state index in [1.54, 1.807) is 39.8 Å². The minimum Gasteiger partial charge on any atom is -0.507 e. The number of phenolic OH excluding ortho intramolecular Hbond substituents is 2. The number of esters is 1. The summed E-state index contributed by atoms with van der Waals surface area (Å²) < 4.78 is 23.6. The maximum atomic E-state index is 14.5. The Balaban J connectivity index is 1.95. The number of aliphatic hydroxyl groups is 2. The van der Waals surface area contributed by atoms with Crippen molar-refractivity contribution in [2.75, 3.05) is 39.6 Å². The fourth-order valence-corrected chi connectivity index (χ4v) is 7.23. The molecule has 9 unspecified atom stereocenters. The molecule has 3 aliphatic heterocycles. The average molecular weight is 823 g/mol. The van der Waals surface area contributed by atoms with Gasteiger partial charge in [-0.3, -0.25) is 14.4 Å². The van der Waals surface area contributed by atoms with Gasteiger partial charge in [0.15, 0.2) is 5.75 Å². The number of guanidine groups is 1. The quantitative estimate of drug-likeness (QED) is 0.0739. The van der Waals surface area contributed by atoms with Gasteiger partial charge in [-0.05, 0) is 40.1 Å². The van der Waals surface area contributed by atoms with Gasteiger partial charge >= 0.3 is 11.8 Å². The van der Waals surface area contributed by atoms with Crippen LogP contribution in [-0.4, -0.2) is 113 Å². The number of rotatable bonds is 6. The Bertz CT molecular complexity index is 2080.